The first-order valence-electron chi connectivity index (χ1n) is 8.13. The van der Waals surface area contributed by atoms with Crippen LogP contribution in [0.15, 0.2) is 47.1 Å². The Bertz CT molecular complexity index is 761. The number of carbonyl (C=O) groups is 2. The minimum Gasteiger partial charge on any atom is -0.467 e. The van der Waals surface area contributed by atoms with Gasteiger partial charge >= 0.3 is 5.97 Å². The minimum atomic E-state index is -0.568. The van der Waals surface area contributed by atoms with Crippen molar-refractivity contribution in [3.8, 4) is 6.07 Å². The molecule has 0 N–H and O–H groups in total. The summed E-state index contributed by atoms with van der Waals surface area (Å²) in [5.74, 6) is -0.348. The number of ether oxygens (including phenoxy) is 1. The fourth-order valence-electron chi connectivity index (χ4n) is 2.27. The normalized spacial score (nSPS) is 10.0. The van der Waals surface area contributed by atoms with E-state index in [1.807, 2.05) is 25.1 Å². The molecule has 1 aromatic heterocycles. The number of rotatable bonds is 8. The Labute approximate surface area is 152 Å². The Morgan fingerprint density at radius 2 is 1.92 bits per heavy atom. The van der Waals surface area contributed by atoms with E-state index in [0.717, 1.165) is 5.69 Å². The molecule has 2 aromatic rings. The van der Waals surface area contributed by atoms with E-state index < -0.39 is 5.97 Å². The molecule has 0 radical (unpaired) electrons. The van der Waals surface area contributed by atoms with Gasteiger partial charge in [-0.1, -0.05) is 0 Å². The number of hydrogen-bond acceptors (Lipinski definition) is 6. The van der Waals surface area contributed by atoms with E-state index in [0.29, 0.717) is 11.3 Å². The lowest BCUT2D eigenvalue weighted by molar-refractivity contribution is -0.135. The van der Waals surface area contributed by atoms with Crippen molar-refractivity contribution in [2.75, 3.05) is 32.1 Å². The molecule has 1 amide bonds. The van der Waals surface area contributed by atoms with Gasteiger partial charge in [0, 0.05) is 26.3 Å². The zero-order chi connectivity index (χ0) is 18.9. The fourth-order valence-corrected chi connectivity index (χ4v) is 2.27. The van der Waals surface area contributed by atoms with E-state index >= 15 is 0 Å². The van der Waals surface area contributed by atoms with Gasteiger partial charge in [-0.3, -0.25) is 4.79 Å². The molecule has 7 nitrogen and oxygen atoms in total. The average molecular weight is 355 g/mol. The van der Waals surface area contributed by atoms with Gasteiger partial charge in [-0.25, -0.2) is 4.79 Å². The van der Waals surface area contributed by atoms with Crippen LogP contribution in [-0.4, -0.2) is 44.0 Å². The Balaban J connectivity index is 1.93. The molecule has 0 atom stereocenters. The highest BCUT2D eigenvalue weighted by Gasteiger charge is 2.18. The lowest BCUT2D eigenvalue weighted by Crippen LogP contribution is -2.34. The molecule has 0 aliphatic rings. The molecule has 0 aliphatic carbocycles. The quantitative estimate of drug-likeness (QED) is 0.676. The first-order chi connectivity index (χ1) is 12.5. The van der Waals surface area contributed by atoms with Crippen LogP contribution in [-0.2, 0) is 16.1 Å². The molecule has 0 spiro atoms. The zero-order valence-corrected chi connectivity index (χ0v) is 14.8. The number of carbonyl (C=O) groups excluding carboxylic acids is 2. The van der Waals surface area contributed by atoms with Crippen molar-refractivity contribution >= 4 is 17.6 Å². The topological polar surface area (TPSA) is 86.8 Å². The first-order valence-corrected chi connectivity index (χ1v) is 8.13. The van der Waals surface area contributed by atoms with E-state index in [1.54, 1.807) is 36.4 Å². The molecule has 0 aliphatic heterocycles. The van der Waals surface area contributed by atoms with Crippen LogP contribution in [0, 0.1) is 11.3 Å². The lowest BCUT2D eigenvalue weighted by Gasteiger charge is -2.20. The number of amides is 1. The molecule has 26 heavy (non-hydrogen) atoms. The van der Waals surface area contributed by atoms with E-state index in [-0.39, 0.29) is 32.0 Å². The summed E-state index contributed by atoms with van der Waals surface area (Å²) in [5.41, 5.74) is 1.33. The Morgan fingerprint density at radius 1 is 1.19 bits per heavy atom. The highest BCUT2D eigenvalue weighted by atomic mass is 16.5. The number of nitrogens with zero attached hydrogens (tertiary/aromatic N) is 3. The smallest absolute Gasteiger partial charge is 0.338 e. The molecule has 7 heteroatoms. The van der Waals surface area contributed by atoms with Crippen molar-refractivity contribution in [2.24, 2.45) is 0 Å². The molecule has 136 valence electrons. The molecule has 0 unspecified atom stereocenters. The Kier molecular flexibility index (Phi) is 6.80. The molecule has 0 saturated heterocycles. The number of esters is 1. The second-order valence-electron chi connectivity index (χ2n) is 5.82. The van der Waals surface area contributed by atoms with Gasteiger partial charge in [-0.2, -0.15) is 5.26 Å². The highest BCUT2D eigenvalue weighted by molar-refractivity contribution is 5.91. The second-order valence-corrected chi connectivity index (χ2v) is 5.82. The summed E-state index contributed by atoms with van der Waals surface area (Å²) < 4.78 is 10.3. The van der Waals surface area contributed by atoms with Crippen LogP contribution in [0.2, 0.25) is 0 Å². The van der Waals surface area contributed by atoms with Gasteiger partial charge in [0.05, 0.1) is 30.9 Å². The maximum atomic E-state index is 12.3. The Hall–Kier alpha value is -3.27. The maximum absolute atomic E-state index is 12.3. The monoisotopic (exact) mass is 355 g/mol. The van der Waals surface area contributed by atoms with Gasteiger partial charge in [0.1, 0.15) is 5.76 Å². The van der Waals surface area contributed by atoms with Crippen LogP contribution in [0.5, 0.6) is 0 Å². The molecule has 1 heterocycles. The summed E-state index contributed by atoms with van der Waals surface area (Å²) >= 11 is 0. The van der Waals surface area contributed by atoms with Crippen molar-refractivity contribution in [1.29, 1.82) is 5.26 Å². The van der Waals surface area contributed by atoms with E-state index in [4.69, 9.17) is 14.4 Å². The third-order valence-corrected chi connectivity index (χ3v) is 3.72. The van der Waals surface area contributed by atoms with Gasteiger partial charge in [0.2, 0.25) is 0 Å². The minimum absolute atomic E-state index is 0.187. The molecule has 0 saturated carbocycles. The summed E-state index contributed by atoms with van der Waals surface area (Å²) in [6.45, 7) is 0.0775. The van der Waals surface area contributed by atoms with E-state index in [1.165, 1.54) is 11.2 Å². The predicted octanol–water partition coefficient (Wildman–Crippen LogP) is 2.44. The number of benzene rings is 1. The Morgan fingerprint density at radius 3 is 2.50 bits per heavy atom. The van der Waals surface area contributed by atoms with E-state index in [2.05, 4.69) is 0 Å². The van der Waals surface area contributed by atoms with Crippen molar-refractivity contribution in [1.82, 2.24) is 4.90 Å². The molecular weight excluding hydrogens is 334 g/mol. The van der Waals surface area contributed by atoms with Crippen LogP contribution in [0.25, 0.3) is 0 Å². The largest absolute Gasteiger partial charge is 0.467 e. The van der Waals surface area contributed by atoms with E-state index in [9.17, 15) is 9.59 Å². The lowest BCUT2D eigenvalue weighted by atomic mass is 10.2. The fraction of sp³-hybridized carbons (Fsp3) is 0.316. The maximum Gasteiger partial charge on any atom is 0.338 e. The average Bonchev–Trinajstić information content (AvgIpc) is 3.16. The molecule has 2 rings (SSSR count). The number of nitriles is 1. The third kappa shape index (κ3) is 5.38. The highest BCUT2D eigenvalue weighted by Crippen LogP contribution is 2.13. The molecule has 1 aromatic carbocycles. The van der Waals surface area contributed by atoms with Crippen LogP contribution in [0.1, 0.15) is 22.5 Å². The standard InChI is InChI=1S/C19H21N3O4/c1-21(2)16-8-6-15(7-9-16)19(24)26-14-18(23)22(11-4-10-20)13-17-5-3-12-25-17/h3,5-9,12H,4,11,13-14H2,1-2H3. The summed E-state index contributed by atoms with van der Waals surface area (Å²) in [4.78, 5) is 27.8. The van der Waals surface area contributed by atoms with Gasteiger partial charge in [0.15, 0.2) is 6.61 Å². The van der Waals surface area contributed by atoms with Gasteiger partial charge in [-0.15, -0.1) is 0 Å². The van der Waals surface area contributed by atoms with Gasteiger partial charge in [0.25, 0.3) is 5.91 Å². The molecule has 0 bridgehead atoms. The zero-order valence-electron chi connectivity index (χ0n) is 14.8. The van der Waals surface area contributed by atoms with Crippen LogP contribution < -0.4 is 4.90 Å². The number of hydrogen-bond donors (Lipinski definition) is 0. The van der Waals surface area contributed by atoms with Crippen molar-refractivity contribution in [3.63, 3.8) is 0 Å². The predicted molar refractivity (Wildman–Crippen MR) is 95.4 cm³/mol. The summed E-state index contributed by atoms with van der Waals surface area (Å²) in [7, 11) is 3.81. The number of anilines is 1. The van der Waals surface area contributed by atoms with Gasteiger partial charge in [-0.05, 0) is 36.4 Å². The molecular formula is C19H21N3O4. The summed E-state index contributed by atoms with van der Waals surface area (Å²) in [6, 6.07) is 12.4. The van der Waals surface area contributed by atoms with Crippen LogP contribution in [0.3, 0.4) is 0 Å². The third-order valence-electron chi connectivity index (χ3n) is 3.72. The van der Waals surface area contributed by atoms with Crippen molar-refractivity contribution in [2.45, 2.75) is 13.0 Å². The molecule has 0 fully saturated rings. The van der Waals surface area contributed by atoms with Crippen molar-refractivity contribution < 1.29 is 18.7 Å². The van der Waals surface area contributed by atoms with Crippen LogP contribution >= 0.6 is 0 Å². The second kappa shape index (κ2) is 9.28. The summed E-state index contributed by atoms with van der Waals surface area (Å²) in [6.07, 6.45) is 1.70. The van der Waals surface area contributed by atoms with Crippen molar-refractivity contribution in [3.05, 3.63) is 54.0 Å². The summed E-state index contributed by atoms with van der Waals surface area (Å²) in [5, 5.41) is 8.75. The first kappa shape index (κ1) is 19.1. The number of furan rings is 1. The van der Waals surface area contributed by atoms with Gasteiger partial charge < -0.3 is 19.0 Å². The van der Waals surface area contributed by atoms with Crippen LogP contribution in [0.4, 0.5) is 5.69 Å². The SMILES string of the molecule is CN(C)c1ccc(C(=O)OCC(=O)N(CCC#N)Cc2ccco2)cc1.